The molecule has 1 N–H and O–H groups in total. The van der Waals surface area contributed by atoms with E-state index in [0.29, 0.717) is 23.6 Å². The maximum atomic E-state index is 15.1. The van der Waals surface area contributed by atoms with Crippen LogP contribution in [0.15, 0.2) is 24.4 Å². The van der Waals surface area contributed by atoms with Crippen LogP contribution < -0.4 is 10.2 Å². The smallest absolute Gasteiger partial charge is 0.186 e. The molecule has 3 aromatic heterocycles. The van der Waals surface area contributed by atoms with E-state index in [1.54, 1.807) is 21.9 Å². The van der Waals surface area contributed by atoms with Crippen LogP contribution in [0, 0.1) is 19.7 Å². The third-order valence-electron chi connectivity index (χ3n) is 6.76. The van der Waals surface area contributed by atoms with E-state index >= 15 is 4.39 Å². The van der Waals surface area contributed by atoms with Gasteiger partial charge in [0.15, 0.2) is 16.6 Å². The van der Waals surface area contributed by atoms with Gasteiger partial charge in [0.1, 0.15) is 5.52 Å². The number of imidazole rings is 1. The lowest BCUT2D eigenvalue weighted by atomic mass is 9.99. The topological polar surface area (TPSA) is 58.4 Å². The van der Waals surface area contributed by atoms with Crippen molar-refractivity contribution >= 4 is 32.3 Å². The van der Waals surface area contributed by atoms with E-state index in [0.717, 1.165) is 50.8 Å². The molecular weight excluding hydrogens is 411 g/mol. The highest BCUT2D eigenvalue weighted by atomic mass is 32.1. The highest BCUT2D eigenvalue weighted by Gasteiger charge is 2.36. The molecule has 5 heterocycles. The maximum Gasteiger partial charge on any atom is 0.186 e. The van der Waals surface area contributed by atoms with Crippen LogP contribution in [0.25, 0.3) is 27.1 Å². The van der Waals surface area contributed by atoms with Gasteiger partial charge in [-0.05, 0) is 63.3 Å². The highest BCUT2D eigenvalue weighted by Crippen LogP contribution is 2.37. The first-order chi connectivity index (χ1) is 14.9. The second kappa shape index (κ2) is 6.97. The third-order valence-corrected chi connectivity index (χ3v) is 7.85. The Morgan fingerprint density at radius 2 is 1.90 bits per heavy atom. The first kappa shape index (κ1) is 19.1. The Bertz CT molecular complexity index is 1300. The van der Waals surface area contributed by atoms with Gasteiger partial charge >= 0.3 is 0 Å². The molecule has 2 bridgehead atoms. The normalized spacial score (nSPS) is 23.2. The van der Waals surface area contributed by atoms with E-state index in [1.807, 2.05) is 32.2 Å². The molecule has 31 heavy (non-hydrogen) atoms. The van der Waals surface area contributed by atoms with Crippen LogP contribution >= 0.6 is 11.3 Å². The zero-order valence-corrected chi connectivity index (χ0v) is 18.7. The molecule has 2 aliphatic heterocycles. The summed E-state index contributed by atoms with van der Waals surface area (Å²) in [5.41, 5.74) is 4.71. The van der Waals surface area contributed by atoms with Crippen LogP contribution in [0.1, 0.15) is 36.9 Å². The second-order valence-corrected chi connectivity index (χ2v) is 10.0. The van der Waals surface area contributed by atoms with Crippen molar-refractivity contribution in [1.82, 2.24) is 24.9 Å². The third kappa shape index (κ3) is 3.20. The van der Waals surface area contributed by atoms with Crippen LogP contribution in [0.2, 0.25) is 0 Å². The number of aryl methyl sites for hydroxylation is 2. The fourth-order valence-electron chi connectivity index (χ4n) is 5.16. The van der Waals surface area contributed by atoms with Crippen molar-refractivity contribution in [3.05, 3.63) is 41.5 Å². The van der Waals surface area contributed by atoms with Gasteiger partial charge in [0.25, 0.3) is 0 Å². The minimum Gasteiger partial charge on any atom is -0.348 e. The molecule has 2 fully saturated rings. The van der Waals surface area contributed by atoms with E-state index in [4.69, 9.17) is 0 Å². The fraction of sp³-hybridized carbons (Fsp3) is 0.435. The minimum absolute atomic E-state index is 0.296. The number of hydrogen-bond donors (Lipinski definition) is 1. The Balaban J connectivity index is 1.37. The van der Waals surface area contributed by atoms with E-state index < -0.39 is 0 Å². The lowest BCUT2D eigenvalue weighted by molar-refractivity contribution is 0.354. The molecule has 0 spiro atoms. The van der Waals surface area contributed by atoms with Crippen LogP contribution in [0.5, 0.6) is 0 Å². The number of hydrogen-bond acceptors (Lipinski definition) is 6. The number of halogens is 1. The molecule has 0 unspecified atom stereocenters. The molecule has 2 saturated heterocycles. The summed E-state index contributed by atoms with van der Waals surface area (Å²) in [6.45, 7) is 3.95. The summed E-state index contributed by atoms with van der Waals surface area (Å²) in [4.78, 5) is 11.4. The van der Waals surface area contributed by atoms with Crippen molar-refractivity contribution in [2.24, 2.45) is 0 Å². The largest absolute Gasteiger partial charge is 0.348 e. The Kier molecular flexibility index (Phi) is 4.30. The van der Waals surface area contributed by atoms with Crippen molar-refractivity contribution < 1.29 is 4.39 Å². The summed E-state index contributed by atoms with van der Waals surface area (Å²) in [5.74, 6) is -0.296. The number of nitrogens with zero attached hydrogens (tertiary/aromatic N) is 5. The standard InChI is InChI=1S/C23H25FN6S/c1-12-6-19(28-30-11-13(2)25-22(12)30)14-7-18(24)21-20(8-14)31-23(27-21)29(3)17-9-15-4-5-16(10-17)26-15/h6-8,11,15-17,26H,4-5,9-10H2,1-3H3/t15-,16+,17-. The van der Waals surface area contributed by atoms with Gasteiger partial charge in [-0.15, -0.1) is 0 Å². The summed E-state index contributed by atoms with van der Waals surface area (Å²) in [7, 11) is 2.10. The molecule has 6 rings (SSSR count). The quantitative estimate of drug-likeness (QED) is 0.513. The first-order valence-electron chi connectivity index (χ1n) is 10.9. The van der Waals surface area contributed by atoms with Crippen molar-refractivity contribution in [3.63, 3.8) is 0 Å². The predicted molar refractivity (Wildman–Crippen MR) is 122 cm³/mol. The molecule has 1 aromatic carbocycles. The highest BCUT2D eigenvalue weighted by molar-refractivity contribution is 7.22. The molecule has 0 amide bonds. The van der Waals surface area contributed by atoms with Crippen LogP contribution in [-0.2, 0) is 0 Å². The van der Waals surface area contributed by atoms with Crippen molar-refractivity contribution in [1.29, 1.82) is 0 Å². The van der Waals surface area contributed by atoms with Crippen molar-refractivity contribution in [2.45, 2.75) is 57.7 Å². The summed E-state index contributed by atoms with van der Waals surface area (Å²) < 4.78 is 17.7. The molecule has 3 atom stereocenters. The molecule has 0 radical (unpaired) electrons. The van der Waals surface area contributed by atoms with Crippen molar-refractivity contribution in [2.75, 3.05) is 11.9 Å². The number of anilines is 1. The summed E-state index contributed by atoms with van der Waals surface area (Å²) >= 11 is 1.56. The van der Waals surface area contributed by atoms with Crippen LogP contribution in [0.4, 0.5) is 9.52 Å². The number of piperidine rings is 1. The number of thiazole rings is 1. The predicted octanol–water partition coefficient (Wildman–Crippen LogP) is 4.48. The molecule has 6 nitrogen and oxygen atoms in total. The molecule has 4 aromatic rings. The lowest BCUT2D eigenvalue weighted by Crippen LogP contribution is -2.47. The first-order valence-corrected chi connectivity index (χ1v) is 11.7. The molecule has 2 aliphatic rings. The van der Waals surface area contributed by atoms with E-state index in [9.17, 15) is 0 Å². The van der Waals surface area contributed by atoms with Gasteiger partial charge in [-0.3, -0.25) is 0 Å². The Hall–Kier alpha value is -2.58. The zero-order valence-electron chi connectivity index (χ0n) is 17.9. The number of nitrogens with one attached hydrogen (secondary N) is 1. The average molecular weight is 437 g/mol. The Morgan fingerprint density at radius 1 is 1.13 bits per heavy atom. The summed E-state index contributed by atoms with van der Waals surface area (Å²) in [6, 6.07) is 7.21. The van der Waals surface area contributed by atoms with Gasteiger partial charge in [-0.25, -0.2) is 18.9 Å². The number of benzene rings is 1. The molecule has 160 valence electrons. The average Bonchev–Trinajstić information content (AvgIpc) is 3.43. The number of fused-ring (bicyclic) bond motifs is 4. The summed E-state index contributed by atoms with van der Waals surface area (Å²) in [5, 5.41) is 9.25. The molecule has 8 heteroatoms. The maximum absolute atomic E-state index is 15.1. The lowest BCUT2D eigenvalue weighted by Gasteiger charge is -2.35. The van der Waals surface area contributed by atoms with Gasteiger partial charge in [0, 0.05) is 30.7 Å². The van der Waals surface area contributed by atoms with Gasteiger partial charge in [0.05, 0.1) is 22.3 Å². The monoisotopic (exact) mass is 436 g/mol. The second-order valence-electron chi connectivity index (χ2n) is 9.04. The number of rotatable bonds is 3. The SMILES string of the molecule is Cc1cn2nc(-c3cc(F)c4nc(N(C)[C@@H]5C[C@H]6CC[C@@H](C5)N6)sc4c3)cc(C)c2n1. The van der Waals surface area contributed by atoms with Crippen molar-refractivity contribution in [3.8, 4) is 11.3 Å². The van der Waals surface area contributed by atoms with E-state index in [1.165, 1.54) is 12.8 Å². The molecular formula is C23H25FN6S. The fourth-order valence-corrected chi connectivity index (χ4v) is 6.21. The van der Waals surface area contributed by atoms with Gasteiger partial charge in [0.2, 0.25) is 0 Å². The Labute approximate surface area is 184 Å². The molecule has 0 aliphatic carbocycles. The van der Waals surface area contributed by atoms with E-state index in [-0.39, 0.29) is 5.82 Å². The van der Waals surface area contributed by atoms with Gasteiger partial charge in [-0.1, -0.05) is 11.3 Å². The Morgan fingerprint density at radius 3 is 2.68 bits per heavy atom. The van der Waals surface area contributed by atoms with Crippen LogP contribution in [0.3, 0.4) is 0 Å². The number of aromatic nitrogens is 4. The zero-order chi connectivity index (χ0) is 21.3. The van der Waals surface area contributed by atoms with Crippen LogP contribution in [-0.4, -0.2) is 44.8 Å². The summed E-state index contributed by atoms with van der Waals surface area (Å²) in [6.07, 6.45) is 6.68. The molecule has 0 saturated carbocycles. The van der Waals surface area contributed by atoms with Gasteiger partial charge < -0.3 is 10.2 Å². The van der Waals surface area contributed by atoms with Gasteiger partial charge in [-0.2, -0.15) is 5.10 Å². The minimum atomic E-state index is -0.296. The van der Waals surface area contributed by atoms with E-state index in [2.05, 4.69) is 32.3 Å².